The van der Waals surface area contributed by atoms with Crippen molar-refractivity contribution < 1.29 is 14.3 Å². The highest BCUT2D eigenvalue weighted by Crippen LogP contribution is 2.16. The second-order valence-corrected chi connectivity index (χ2v) is 6.30. The summed E-state index contributed by atoms with van der Waals surface area (Å²) in [5.41, 5.74) is 1.05. The normalized spacial score (nSPS) is 13.3. The summed E-state index contributed by atoms with van der Waals surface area (Å²) < 4.78 is 11.2. The van der Waals surface area contributed by atoms with Crippen LogP contribution in [0.5, 0.6) is 11.5 Å². The van der Waals surface area contributed by atoms with Gasteiger partial charge in [0.15, 0.2) is 0 Å². The minimum absolute atomic E-state index is 0. The predicted octanol–water partition coefficient (Wildman–Crippen LogP) is 3.06. The number of nitrogens with one attached hydrogen (secondary N) is 2. The summed E-state index contributed by atoms with van der Waals surface area (Å²) in [4.78, 5) is 11.8. The lowest BCUT2D eigenvalue weighted by molar-refractivity contribution is -0.126. The van der Waals surface area contributed by atoms with Crippen LogP contribution in [-0.4, -0.2) is 32.2 Å². The third-order valence-corrected chi connectivity index (χ3v) is 4.23. The fourth-order valence-electron chi connectivity index (χ4n) is 2.36. The molecule has 3 rings (SSSR count). The molecule has 0 unspecified atom stereocenters. The molecule has 140 valence electrons. The first kappa shape index (κ1) is 20.4. The monoisotopic (exact) mass is 396 g/mol. The molecular formula is C19H22Cl2N2O3. The zero-order chi connectivity index (χ0) is 17.5. The molecule has 0 spiro atoms. The summed E-state index contributed by atoms with van der Waals surface area (Å²) in [6.07, 6.45) is 0. The van der Waals surface area contributed by atoms with Crippen LogP contribution in [0.15, 0.2) is 48.5 Å². The summed E-state index contributed by atoms with van der Waals surface area (Å²) in [6.45, 7) is 2.99. The number of carbonyl (C=O) groups excluding carboxylic acids is 1. The van der Waals surface area contributed by atoms with Crippen LogP contribution >= 0.6 is 24.0 Å². The molecule has 1 heterocycles. The van der Waals surface area contributed by atoms with Crippen LogP contribution in [0.25, 0.3) is 0 Å². The van der Waals surface area contributed by atoms with Crippen LogP contribution in [0.3, 0.4) is 0 Å². The van der Waals surface area contributed by atoms with Crippen molar-refractivity contribution in [2.24, 2.45) is 5.92 Å². The number of carbonyl (C=O) groups is 1. The van der Waals surface area contributed by atoms with Gasteiger partial charge in [-0.2, -0.15) is 0 Å². The minimum atomic E-state index is 0. The molecule has 0 saturated carbocycles. The molecule has 1 aliphatic heterocycles. The number of halogens is 2. The van der Waals surface area contributed by atoms with E-state index >= 15 is 0 Å². The molecule has 2 N–H and O–H groups in total. The van der Waals surface area contributed by atoms with Gasteiger partial charge in [-0.25, -0.2) is 0 Å². The topological polar surface area (TPSA) is 59.6 Å². The second kappa shape index (κ2) is 10.3. The number of rotatable bonds is 8. The van der Waals surface area contributed by atoms with Crippen molar-refractivity contribution in [3.8, 4) is 11.5 Å². The molecule has 0 atom stereocenters. The second-order valence-electron chi connectivity index (χ2n) is 5.87. The SMILES string of the molecule is Cl.O=C(NCc1ccc(OCCOc2ccc(Cl)cc2)cc1)C1CNC1. The third kappa shape index (κ3) is 6.09. The van der Waals surface area contributed by atoms with Crippen molar-refractivity contribution in [1.29, 1.82) is 0 Å². The van der Waals surface area contributed by atoms with E-state index in [2.05, 4.69) is 10.6 Å². The fourth-order valence-corrected chi connectivity index (χ4v) is 2.49. The van der Waals surface area contributed by atoms with Crippen molar-refractivity contribution in [3.63, 3.8) is 0 Å². The van der Waals surface area contributed by atoms with Crippen LogP contribution in [0, 0.1) is 5.92 Å². The smallest absolute Gasteiger partial charge is 0.225 e. The van der Waals surface area contributed by atoms with E-state index in [-0.39, 0.29) is 24.2 Å². The van der Waals surface area contributed by atoms with E-state index in [9.17, 15) is 4.79 Å². The van der Waals surface area contributed by atoms with Gasteiger partial charge in [-0.3, -0.25) is 4.79 Å². The van der Waals surface area contributed by atoms with Crippen molar-refractivity contribution in [1.82, 2.24) is 10.6 Å². The quantitative estimate of drug-likeness (QED) is 0.673. The highest BCUT2D eigenvalue weighted by Gasteiger charge is 2.24. The van der Waals surface area contributed by atoms with Gasteiger partial charge in [0.25, 0.3) is 0 Å². The molecule has 1 fully saturated rings. The largest absolute Gasteiger partial charge is 0.490 e. The van der Waals surface area contributed by atoms with Crippen molar-refractivity contribution in [2.45, 2.75) is 6.54 Å². The molecule has 0 aromatic heterocycles. The minimum Gasteiger partial charge on any atom is -0.490 e. The molecule has 7 heteroatoms. The van der Waals surface area contributed by atoms with Gasteiger partial charge in [0.2, 0.25) is 5.91 Å². The third-order valence-electron chi connectivity index (χ3n) is 3.98. The van der Waals surface area contributed by atoms with E-state index in [1.165, 1.54) is 0 Å². The standard InChI is InChI=1S/C19H21ClN2O3.ClH/c20-16-3-7-18(8-4-16)25-10-9-24-17-5-1-14(2-6-17)11-22-19(23)15-12-21-13-15;/h1-8,15,21H,9-13H2,(H,22,23);1H. The van der Waals surface area contributed by atoms with Crippen LogP contribution in [0.4, 0.5) is 0 Å². The molecule has 2 aromatic carbocycles. The molecule has 26 heavy (non-hydrogen) atoms. The molecule has 0 radical (unpaired) electrons. The number of hydrogen-bond donors (Lipinski definition) is 2. The predicted molar refractivity (Wildman–Crippen MR) is 104 cm³/mol. The Kier molecular flexibility index (Phi) is 8.04. The van der Waals surface area contributed by atoms with E-state index in [4.69, 9.17) is 21.1 Å². The number of benzene rings is 2. The van der Waals surface area contributed by atoms with Gasteiger partial charge < -0.3 is 20.1 Å². The Balaban J connectivity index is 0.00000243. The first-order valence-electron chi connectivity index (χ1n) is 8.29. The first-order chi connectivity index (χ1) is 12.2. The lowest BCUT2D eigenvalue weighted by atomic mass is 10.0. The Morgan fingerprint density at radius 1 is 1.00 bits per heavy atom. The van der Waals surface area contributed by atoms with E-state index in [0.29, 0.717) is 24.8 Å². The van der Waals surface area contributed by atoms with Crippen LogP contribution in [0.1, 0.15) is 5.56 Å². The van der Waals surface area contributed by atoms with Crippen molar-refractivity contribution in [2.75, 3.05) is 26.3 Å². The van der Waals surface area contributed by atoms with Crippen molar-refractivity contribution in [3.05, 3.63) is 59.1 Å². The maximum Gasteiger partial charge on any atom is 0.225 e. The summed E-state index contributed by atoms with van der Waals surface area (Å²) in [5.74, 6) is 1.76. The molecular weight excluding hydrogens is 375 g/mol. The van der Waals surface area contributed by atoms with Crippen LogP contribution in [-0.2, 0) is 11.3 Å². The summed E-state index contributed by atoms with van der Waals surface area (Å²) >= 11 is 5.82. The van der Waals surface area contributed by atoms with Gasteiger partial charge in [0.05, 0.1) is 5.92 Å². The molecule has 1 amide bonds. The Bertz CT molecular complexity index is 689. The number of amides is 1. The Labute approximate surface area is 164 Å². The molecule has 0 bridgehead atoms. The average Bonchev–Trinajstić information content (AvgIpc) is 2.58. The summed E-state index contributed by atoms with van der Waals surface area (Å²) in [5, 5.41) is 6.72. The fraction of sp³-hybridized carbons (Fsp3) is 0.316. The molecule has 0 aliphatic carbocycles. The Morgan fingerprint density at radius 3 is 2.04 bits per heavy atom. The van der Waals surface area contributed by atoms with Gasteiger partial charge in [0, 0.05) is 24.7 Å². The maximum atomic E-state index is 11.8. The van der Waals surface area contributed by atoms with Gasteiger partial charge in [-0.05, 0) is 42.0 Å². The molecule has 5 nitrogen and oxygen atoms in total. The number of ether oxygens (including phenoxy) is 2. The van der Waals surface area contributed by atoms with Gasteiger partial charge >= 0.3 is 0 Å². The van der Waals surface area contributed by atoms with Gasteiger partial charge in [-0.1, -0.05) is 23.7 Å². The van der Waals surface area contributed by atoms with E-state index in [0.717, 1.165) is 30.2 Å². The highest BCUT2D eigenvalue weighted by molar-refractivity contribution is 6.30. The van der Waals surface area contributed by atoms with E-state index in [1.807, 2.05) is 36.4 Å². The van der Waals surface area contributed by atoms with Gasteiger partial charge in [0.1, 0.15) is 24.7 Å². The van der Waals surface area contributed by atoms with Gasteiger partial charge in [-0.15, -0.1) is 12.4 Å². The molecule has 1 saturated heterocycles. The van der Waals surface area contributed by atoms with Crippen LogP contribution in [0.2, 0.25) is 5.02 Å². The number of hydrogen-bond acceptors (Lipinski definition) is 4. The van der Waals surface area contributed by atoms with E-state index in [1.54, 1.807) is 12.1 Å². The van der Waals surface area contributed by atoms with Crippen molar-refractivity contribution >= 4 is 29.9 Å². The Hall–Kier alpha value is -1.95. The summed E-state index contributed by atoms with van der Waals surface area (Å²) in [7, 11) is 0. The summed E-state index contributed by atoms with van der Waals surface area (Å²) in [6, 6.07) is 14.9. The first-order valence-corrected chi connectivity index (χ1v) is 8.67. The van der Waals surface area contributed by atoms with E-state index < -0.39 is 0 Å². The highest BCUT2D eigenvalue weighted by atomic mass is 35.5. The zero-order valence-corrected chi connectivity index (χ0v) is 15.8. The molecule has 2 aromatic rings. The lowest BCUT2D eigenvalue weighted by Gasteiger charge is -2.25. The van der Waals surface area contributed by atoms with Crippen LogP contribution < -0.4 is 20.1 Å². The maximum absolute atomic E-state index is 11.8. The molecule has 1 aliphatic rings. The lowest BCUT2D eigenvalue weighted by Crippen LogP contribution is -2.50. The average molecular weight is 397 g/mol. The zero-order valence-electron chi connectivity index (χ0n) is 14.2. The Morgan fingerprint density at radius 2 is 1.54 bits per heavy atom.